The Balaban J connectivity index is 0.00000182. The molecule has 4 fully saturated rings. The molecular weight excluding hydrogens is 789 g/mol. The van der Waals surface area contributed by atoms with E-state index in [4.69, 9.17) is 24.1 Å². The van der Waals surface area contributed by atoms with E-state index in [1.54, 1.807) is 50.4 Å². The van der Waals surface area contributed by atoms with E-state index in [0.29, 0.717) is 42.7 Å². The number of ether oxygens (including phenoxy) is 3. The van der Waals surface area contributed by atoms with E-state index in [9.17, 15) is 28.8 Å². The molecule has 5 amide bonds. The van der Waals surface area contributed by atoms with Gasteiger partial charge in [0, 0.05) is 61.7 Å². The number of aromatic nitrogens is 2. The number of hydrogen-bond acceptors (Lipinski definition) is 12. The van der Waals surface area contributed by atoms with E-state index in [-0.39, 0.29) is 65.3 Å². The van der Waals surface area contributed by atoms with Crippen LogP contribution in [0.3, 0.4) is 0 Å². The molecule has 2 aliphatic heterocycles. The molecule has 0 spiro atoms. The lowest BCUT2D eigenvalue weighted by Gasteiger charge is -2.73. The molecule has 2 bridgehead atoms. The molecule has 3 N–H and O–H groups in total. The number of methoxy groups -OCH3 is 2. The first-order valence-corrected chi connectivity index (χ1v) is 20.1. The molecular formula is C44H48N6O11. The summed E-state index contributed by atoms with van der Waals surface area (Å²) in [5.74, 6) is -0.609. The molecule has 1 atom stereocenters. The minimum atomic E-state index is -1.04. The number of benzene rings is 2. The van der Waals surface area contributed by atoms with Crippen LogP contribution in [0.25, 0.3) is 21.9 Å². The highest BCUT2D eigenvalue weighted by Crippen LogP contribution is 2.63. The Morgan fingerprint density at radius 1 is 0.984 bits per heavy atom. The van der Waals surface area contributed by atoms with Crippen molar-refractivity contribution in [2.75, 3.05) is 27.9 Å². The number of nitrogens with zero attached hydrogens (tertiary/aromatic N) is 4. The van der Waals surface area contributed by atoms with Gasteiger partial charge in [-0.2, -0.15) is 0 Å². The summed E-state index contributed by atoms with van der Waals surface area (Å²) in [4.78, 5) is 91.9. The average Bonchev–Trinajstić information content (AvgIpc) is 3.47. The fourth-order valence-corrected chi connectivity index (χ4v) is 9.22. The van der Waals surface area contributed by atoms with Crippen LogP contribution in [-0.4, -0.2) is 105 Å². The van der Waals surface area contributed by atoms with Crippen LogP contribution < -0.4 is 30.4 Å². The predicted molar refractivity (Wildman–Crippen MR) is 220 cm³/mol. The minimum absolute atomic E-state index is 0.0241. The zero-order valence-corrected chi connectivity index (χ0v) is 34.4. The second-order valence-electron chi connectivity index (χ2n) is 16.1. The number of carbonyl (C=O) groups is 6. The van der Waals surface area contributed by atoms with Crippen LogP contribution in [0.1, 0.15) is 84.1 Å². The molecule has 3 saturated carbocycles. The van der Waals surface area contributed by atoms with Crippen LogP contribution in [0.5, 0.6) is 17.2 Å². The van der Waals surface area contributed by atoms with Gasteiger partial charge in [-0.3, -0.25) is 53.7 Å². The fourth-order valence-electron chi connectivity index (χ4n) is 9.22. The molecule has 1 unspecified atom stereocenters. The number of fused-ring (bicyclic) bond motifs is 2. The molecule has 4 aromatic rings. The summed E-state index contributed by atoms with van der Waals surface area (Å²) in [5.41, 5.74) is 2.62. The van der Waals surface area contributed by atoms with Gasteiger partial charge >= 0.3 is 0 Å². The van der Waals surface area contributed by atoms with Crippen LogP contribution in [-0.2, 0) is 32.8 Å². The monoisotopic (exact) mass is 836 g/mol. The minimum Gasteiger partial charge on any atom is -0.496 e. The van der Waals surface area contributed by atoms with Crippen molar-refractivity contribution >= 4 is 46.8 Å². The smallest absolute Gasteiger partial charge is 0.290 e. The number of amides is 5. The van der Waals surface area contributed by atoms with Gasteiger partial charge in [-0.05, 0) is 93.3 Å². The number of aryl methyl sites for hydroxylation is 1. The number of rotatable bonds is 15. The van der Waals surface area contributed by atoms with E-state index in [0.717, 1.165) is 52.7 Å². The Morgan fingerprint density at radius 2 is 1.69 bits per heavy atom. The van der Waals surface area contributed by atoms with Gasteiger partial charge in [-0.1, -0.05) is 6.07 Å². The largest absolute Gasteiger partial charge is 0.496 e. The third-order valence-corrected chi connectivity index (χ3v) is 12.3. The number of nitrogens with one attached hydrogen (secondary N) is 2. The fraction of sp³-hybridized carbons (Fsp3) is 0.409. The predicted octanol–water partition coefficient (Wildman–Crippen LogP) is 3.58. The summed E-state index contributed by atoms with van der Waals surface area (Å²) in [7, 11) is 7.11. The van der Waals surface area contributed by atoms with Gasteiger partial charge < -0.3 is 29.2 Å². The van der Waals surface area contributed by atoms with Crippen LogP contribution in [0, 0.1) is 0 Å². The van der Waals surface area contributed by atoms with Gasteiger partial charge in [0.15, 0.2) is 0 Å². The van der Waals surface area contributed by atoms with Crippen molar-refractivity contribution in [1.29, 1.82) is 0 Å². The Kier molecular flexibility index (Phi) is 12.0. The molecule has 2 aromatic carbocycles. The molecule has 2 aromatic heterocycles. The first-order chi connectivity index (χ1) is 29.3. The highest BCUT2D eigenvalue weighted by molar-refractivity contribution is 6.24. The van der Waals surface area contributed by atoms with Crippen molar-refractivity contribution in [1.82, 2.24) is 30.0 Å². The van der Waals surface area contributed by atoms with Crippen molar-refractivity contribution in [3.05, 3.63) is 82.0 Å². The zero-order chi connectivity index (χ0) is 43.6. The van der Waals surface area contributed by atoms with E-state index in [1.165, 1.54) is 6.07 Å². The SMILES string of the molecule is COc1cc(-c2cn(C)c(=O)c3cnccc23)cc(OC)c1CN(C)C12CC(NC(=O)CCCCCOc3cccc4c3C(=O)N(C3CCC(=O)NC3=O)C4=O)(C1)C2.O=CO. The Bertz CT molecular complexity index is 2450. The van der Waals surface area contributed by atoms with Crippen LogP contribution in [0.15, 0.2) is 59.8 Å². The van der Waals surface area contributed by atoms with Gasteiger partial charge in [0.05, 0.1) is 42.9 Å². The second-order valence-corrected chi connectivity index (χ2v) is 16.1. The number of hydrogen-bond donors (Lipinski definition) is 3. The van der Waals surface area contributed by atoms with Gasteiger partial charge in [-0.15, -0.1) is 0 Å². The number of carboxylic acid groups (broad SMARTS) is 1. The summed E-state index contributed by atoms with van der Waals surface area (Å²) in [5, 5.41) is 13.7. The number of piperidine rings is 1. The first-order valence-electron chi connectivity index (χ1n) is 20.1. The van der Waals surface area contributed by atoms with Crippen molar-refractivity contribution in [2.45, 2.75) is 81.5 Å². The molecule has 1 saturated heterocycles. The zero-order valence-electron chi connectivity index (χ0n) is 34.4. The lowest BCUT2D eigenvalue weighted by atomic mass is 9.43. The van der Waals surface area contributed by atoms with Crippen LogP contribution in [0.4, 0.5) is 0 Å². The van der Waals surface area contributed by atoms with Gasteiger partial charge in [0.1, 0.15) is 23.3 Å². The summed E-state index contributed by atoms with van der Waals surface area (Å²) in [6.45, 7) is 0.627. The summed E-state index contributed by atoms with van der Waals surface area (Å²) < 4.78 is 19.3. The topological polar surface area (TPSA) is 216 Å². The normalized spacial score (nSPS) is 21.1. The maximum atomic E-state index is 13.3. The number of imide groups is 2. The van der Waals surface area contributed by atoms with E-state index < -0.39 is 29.7 Å². The third kappa shape index (κ3) is 7.92. The van der Waals surface area contributed by atoms with Crippen LogP contribution in [0.2, 0.25) is 0 Å². The molecule has 17 heteroatoms. The molecule has 0 radical (unpaired) electrons. The first kappa shape index (κ1) is 42.5. The molecule has 320 valence electrons. The van der Waals surface area contributed by atoms with Gasteiger partial charge in [-0.25, -0.2) is 0 Å². The van der Waals surface area contributed by atoms with E-state index in [1.807, 2.05) is 24.4 Å². The number of carbonyl (C=O) groups excluding carboxylic acids is 5. The molecule has 5 aliphatic rings. The summed E-state index contributed by atoms with van der Waals surface area (Å²) in [6.07, 6.45) is 10.2. The number of unbranched alkanes of at least 4 members (excludes halogenated alkanes) is 2. The van der Waals surface area contributed by atoms with Gasteiger partial charge in [0.25, 0.3) is 23.8 Å². The quantitative estimate of drug-likeness (QED) is 0.0888. The molecule has 3 aliphatic carbocycles. The van der Waals surface area contributed by atoms with Gasteiger partial charge in [0.2, 0.25) is 17.7 Å². The Labute approximate surface area is 351 Å². The second kappa shape index (κ2) is 17.2. The third-order valence-electron chi connectivity index (χ3n) is 12.3. The van der Waals surface area contributed by atoms with E-state index in [2.05, 4.69) is 27.6 Å². The average molecular weight is 837 g/mol. The van der Waals surface area contributed by atoms with Crippen molar-refractivity contribution in [2.24, 2.45) is 7.05 Å². The highest BCUT2D eigenvalue weighted by atomic mass is 16.5. The molecule has 9 rings (SSSR count). The van der Waals surface area contributed by atoms with Crippen LogP contribution >= 0.6 is 0 Å². The summed E-state index contributed by atoms with van der Waals surface area (Å²) in [6, 6.07) is 9.56. The summed E-state index contributed by atoms with van der Waals surface area (Å²) >= 11 is 0. The standard InChI is InChI=1S/C43H46N6O9.CH2O2/c1-47-20-29(26-14-15-44-19-28(26)39(47)53)25-17-33(56-3)30(34(18-25)57-4)21-48(2)43-22-42(23-43,24-43)46-36(51)11-6-5-7-16-58-32-10-8-9-27-37(32)41(55)49(40(27)54)31-12-13-35(50)45-38(31)52;2-1-3/h8-10,14-15,17-20,31H,5-7,11-13,16,21-24H2,1-4H3,(H,46,51)(H,45,50,52);1H,(H,2,3). The van der Waals surface area contributed by atoms with E-state index >= 15 is 0 Å². The maximum Gasteiger partial charge on any atom is 0.290 e. The molecule has 4 heterocycles. The Morgan fingerprint density at radius 3 is 2.36 bits per heavy atom. The molecule has 61 heavy (non-hydrogen) atoms. The molecule has 17 nitrogen and oxygen atoms in total. The van der Waals surface area contributed by atoms with Crippen molar-refractivity contribution < 1.29 is 48.1 Å². The van der Waals surface area contributed by atoms with Crippen molar-refractivity contribution in [3.8, 4) is 28.4 Å². The number of pyridine rings is 2. The maximum absolute atomic E-state index is 13.3. The van der Waals surface area contributed by atoms with Crippen molar-refractivity contribution in [3.63, 3.8) is 0 Å². The highest BCUT2D eigenvalue weighted by Gasteiger charge is 2.70. The lowest BCUT2D eigenvalue weighted by molar-refractivity contribution is -0.179. The lowest BCUT2D eigenvalue weighted by Crippen LogP contribution is -2.83. The Hall–Kier alpha value is -6.62.